The molecule has 0 radical (unpaired) electrons. The van der Waals surface area contributed by atoms with Gasteiger partial charge in [-0.25, -0.2) is 13.8 Å². The van der Waals surface area contributed by atoms with Crippen molar-refractivity contribution in [1.29, 1.82) is 0 Å². The van der Waals surface area contributed by atoms with Gasteiger partial charge in [-0.2, -0.15) is 0 Å². The minimum absolute atomic E-state index is 0.116. The number of fused-ring (bicyclic) bond motifs is 1. The van der Waals surface area contributed by atoms with Crippen molar-refractivity contribution in [3.8, 4) is 0 Å². The van der Waals surface area contributed by atoms with Gasteiger partial charge in [-0.3, -0.25) is 0 Å². The molecular weight excluding hydrogens is 287 g/mol. The first kappa shape index (κ1) is 10.8. The lowest BCUT2D eigenvalue weighted by atomic mass is 10.2. The zero-order chi connectivity index (χ0) is 11.2. The van der Waals surface area contributed by atoms with Crippen LogP contribution in [0.5, 0.6) is 0 Å². The fraction of sp³-hybridized carbons (Fsp3) is 0.100. The predicted molar refractivity (Wildman–Crippen MR) is 59.1 cm³/mol. The van der Waals surface area contributed by atoms with Gasteiger partial charge in [-0.15, -0.1) is 0 Å². The van der Waals surface area contributed by atoms with E-state index in [9.17, 15) is 8.78 Å². The van der Waals surface area contributed by atoms with E-state index in [2.05, 4.69) is 20.9 Å². The third-order valence-corrected chi connectivity index (χ3v) is 3.57. The molecule has 0 saturated heterocycles. The van der Waals surface area contributed by atoms with Crippen LogP contribution in [0.25, 0.3) is 10.9 Å². The minimum Gasteiger partial charge on any atom is -0.248 e. The highest BCUT2D eigenvalue weighted by Crippen LogP contribution is 2.33. The van der Waals surface area contributed by atoms with Gasteiger partial charge in [0, 0.05) is 15.9 Å². The molecule has 78 valence electrons. The largest absolute Gasteiger partial charge is 0.248 e. The molecule has 0 N–H and O–H groups in total. The Bertz CT molecular complexity index is 557. The first-order valence-corrected chi connectivity index (χ1v) is 5.28. The van der Waals surface area contributed by atoms with E-state index in [1.807, 2.05) is 0 Å². The summed E-state index contributed by atoms with van der Waals surface area (Å²) in [6, 6.07) is 2.00. The summed E-state index contributed by atoms with van der Waals surface area (Å²) in [7, 11) is 0. The van der Waals surface area contributed by atoms with Gasteiger partial charge in [0.15, 0.2) is 5.82 Å². The number of hydrogen-bond acceptors (Lipinski definition) is 1. The van der Waals surface area contributed by atoms with Crippen LogP contribution in [0, 0.1) is 18.6 Å². The van der Waals surface area contributed by atoms with Gasteiger partial charge in [0.05, 0.1) is 10.7 Å². The number of nitrogens with zero attached hydrogens (tertiary/aromatic N) is 1. The first-order valence-electron chi connectivity index (χ1n) is 4.11. The third-order valence-electron chi connectivity index (χ3n) is 2.05. The summed E-state index contributed by atoms with van der Waals surface area (Å²) >= 11 is 9.10. The topological polar surface area (TPSA) is 12.9 Å². The minimum atomic E-state index is -0.689. The maximum Gasteiger partial charge on any atom is 0.152 e. The molecule has 2 rings (SSSR count). The van der Waals surface area contributed by atoms with Gasteiger partial charge in [0.1, 0.15) is 11.3 Å². The molecule has 0 amide bonds. The van der Waals surface area contributed by atoms with Gasteiger partial charge in [0.25, 0.3) is 0 Å². The number of rotatable bonds is 0. The average molecular weight is 293 g/mol. The number of halogens is 4. The van der Waals surface area contributed by atoms with E-state index in [4.69, 9.17) is 11.6 Å². The highest BCUT2D eigenvalue weighted by molar-refractivity contribution is 9.10. The summed E-state index contributed by atoms with van der Waals surface area (Å²) in [5.41, 5.74) is 0.617. The zero-order valence-corrected chi connectivity index (χ0v) is 9.96. The van der Waals surface area contributed by atoms with Crippen molar-refractivity contribution in [2.45, 2.75) is 6.92 Å². The Morgan fingerprint density at radius 2 is 2.00 bits per heavy atom. The lowest BCUT2D eigenvalue weighted by Crippen LogP contribution is -1.92. The number of pyridine rings is 1. The van der Waals surface area contributed by atoms with Crippen LogP contribution in [0.3, 0.4) is 0 Å². The maximum absolute atomic E-state index is 13.4. The van der Waals surface area contributed by atoms with Crippen LogP contribution in [-0.4, -0.2) is 4.98 Å². The normalized spacial score (nSPS) is 11.0. The number of aryl methyl sites for hydroxylation is 1. The monoisotopic (exact) mass is 291 g/mol. The van der Waals surface area contributed by atoms with Crippen molar-refractivity contribution in [3.05, 3.63) is 39.0 Å². The van der Waals surface area contributed by atoms with Crippen LogP contribution in [-0.2, 0) is 0 Å². The quantitative estimate of drug-likeness (QED) is 0.708. The molecule has 0 aliphatic carbocycles. The summed E-state index contributed by atoms with van der Waals surface area (Å²) in [5, 5.41) is 0.704. The molecule has 1 aromatic carbocycles. The van der Waals surface area contributed by atoms with E-state index < -0.39 is 11.6 Å². The van der Waals surface area contributed by atoms with Crippen molar-refractivity contribution in [2.75, 3.05) is 0 Å². The molecule has 0 unspecified atom stereocenters. The molecule has 0 bridgehead atoms. The van der Waals surface area contributed by atoms with Crippen LogP contribution in [0.15, 0.2) is 16.6 Å². The van der Waals surface area contributed by atoms with Crippen LogP contribution in [0.2, 0.25) is 5.02 Å². The summed E-state index contributed by atoms with van der Waals surface area (Å²) < 4.78 is 26.8. The highest BCUT2D eigenvalue weighted by Gasteiger charge is 2.13. The Labute approximate surface area is 98.2 Å². The first-order chi connectivity index (χ1) is 7.00. The SMILES string of the molecule is Cc1nc2c(F)cc(F)cc2c(Br)c1Cl. The van der Waals surface area contributed by atoms with Crippen molar-refractivity contribution in [2.24, 2.45) is 0 Å². The second-order valence-electron chi connectivity index (χ2n) is 3.11. The fourth-order valence-electron chi connectivity index (χ4n) is 1.34. The van der Waals surface area contributed by atoms with Gasteiger partial charge < -0.3 is 0 Å². The van der Waals surface area contributed by atoms with E-state index in [1.54, 1.807) is 6.92 Å². The molecule has 15 heavy (non-hydrogen) atoms. The Morgan fingerprint density at radius 1 is 1.33 bits per heavy atom. The average Bonchev–Trinajstić information content (AvgIpc) is 2.17. The number of hydrogen-bond donors (Lipinski definition) is 0. The summed E-state index contributed by atoms with van der Waals surface area (Å²) in [5.74, 6) is -1.34. The Kier molecular flexibility index (Phi) is 2.64. The van der Waals surface area contributed by atoms with Crippen molar-refractivity contribution in [1.82, 2.24) is 4.98 Å². The van der Waals surface area contributed by atoms with Crippen molar-refractivity contribution >= 4 is 38.4 Å². The van der Waals surface area contributed by atoms with Crippen LogP contribution < -0.4 is 0 Å². The zero-order valence-electron chi connectivity index (χ0n) is 7.61. The van der Waals surface area contributed by atoms with Gasteiger partial charge >= 0.3 is 0 Å². The molecule has 5 heteroatoms. The van der Waals surface area contributed by atoms with E-state index in [0.29, 0.717) is 20.6 Å². The standard InChI is InChI=1S/C10H5BrClF2N/c1-4-9(12)8(11)6-2-5(13)3-7(14)10(6)15-4/h2-3H,1H3. The second kappa shape index (κ2) is 3.68. The molecule has 0 aliphatic heterocycles. The highest BCUT2D eigenvalue weighted by atomic mass is 79.9. The van der Waals surface area contributed by atoms with E-state index in [-0.39, 0.29) is 5.52 Å². The summed E-state index contributed by atoms with van der Waals surface area (Å²) in [6.45, 7) is 1.66. The fourth-order valence-corrected chi connectivity index (χ4v) is 2.07. The Morgan fingerprint density at radius 3 is 2.67 bits per heavy atom. The lowest BCUT2D eigenvalue weighted by molar-refractivity contribution is 0.590. The summed E-state index contributed by atoms with van der Waals surface area (Å²) in [4.78, 5) is 3.97. The third kappa shape index (κ3) is 1.72. The molecule has 1 nitrogen and oxygen atoms in total. The van der Waals surface area contributed by atoms with Crippen LogP contribution in [0.1, 0.15) is 5.69 Å². The Balaban J connectivity index is 2.98. The van der Waals surface area contributed by atoms with Crippen molar-refractivity contribution < 1.29 is 8.78 Å². The molecule has 0 saturated carbocycles. The second-order valence-corrected chi connectivity index (χ2v) is 4.28. The molecule has 0 fully saturated rings. The predicted octanol–water partition coefficient (Wildman–Crippen LogP) is 4.24. The van der Waals surface area contributed by atoms with E-state index >= 15 is 0 Å². The van der Waals surface area contributed by atoms with Gasteiger partial charge in [0.2, 0.25) is 0 Å². The van der Waals surface area contributed by atoms with E-state index in [1.165, 1.54) is 6.07 Å². The van der Waals surface area contributed by atoms with Gasteiger partial charge in [-0.1, -0.05) is 11.6 Å². The lowest BCUT2D eigenvalue weighted by Gasteiger charge is -2.06. The Hall–Kier alpha value is -0.740. The molecule has 0 atom stereocenters. The van der Waals surface area contributed by atoms with E-state index in [0.717, 1.165) is 6.07 Å². The number of aromatic nitrogens is 1. The summed E-state index contributed by atoms with van der Waals surface area (Å²) in [6.07, 6.45) is 0. The molecule has 1 aromatic heterocycles. The molecule has 0 aliphatic rings. The number of benzene rings is 1. The molecule has 2 aromatic rings. The van der Waals surface area contributed by atoms with Crippen molar-refractivity contribution in [3.63, 3.8) is 0 Å². The van der Waals surface area contributed by atoms with Crippen LogP contribution >= 0.6 is 27.5 Å². The van der Waals surface area contributed by atoms with Crippen LogP contribution in [0.4, 0.5) is 8.78 Å². The molecule has 0 spiro atoms. The van der Waals surface area contributed by atoms with Gasteiger partial charge in [-0.05, 0) is 28.9 Å². The maximum atomic E-state index is 13.4. The smallest absolute Gasteiger partial charge is 0.152 e. The molecule has 1 heterocycles. The molecular formula is C10H5BrClF2N.